The predicted octanol–water partition coefficient (Wildman–Crippen LogP) is 3.46. The second-order valence-corrected chi connectivity index (χ2v) is 7.07. The maximum atomic E-state index is 12.6. The van der Waals surface area contributed by atoms with E-state index in [0.717, 1.165) is 44.5 Å². The maximum absolute atomic E-state index is 12.6. The van der Waals surface area contributed by atoms with Crippen molar-refractivity contribution in [2.75, 3.05) is 19.6 Å². The molecule has 0 amide bonds. The van der Waals surface area contributed by atoms with Gasteiger partial charge in [0.2, 0.25) is 0 Å². The molecule has 0 spiro atoms. The Morgan fingerprint density at radius 2 is 1.86 bits per heavy atom. The minimum atomic E-state index is -0.0344. The fourth-order valence-electron chi connectivity index (χ4n) is 3.06. The molecule has 0 radical (unpaired) electrons. The number of nitrogens with two attached hydrogens (primary N) is 1. The van der Waals surface area contributed by atoms with Gasteiger partial charge in [0, 0.05) is 22.9 Å². The van der Waals surface area contributed by atoms with E-state index in [1.165, 1.54) is 0 Å². The third kappa shape index (κ3) is 4.80. The first kappa shape index (κ1) is 17.5. The van der Waals surface area contributed by atoms with Crippen molar-refractivity contribution in [3.8, 4) is 0 Å². The van der Waals surface area contributed by atoms with Crippen LogP contribution in [-0.4, -0.2) is 36.4 Å². The molecule has 1 aromatic rings. The third-order valence-electron chi connectivity index (χ3n) is 4.55. The number of hydrogen-bond donors (Lipinski definition) is 1. The van der Waals surface area contributed by atoms with Crippen molar-refractivity contribution >= 4 is 17.4 Å². The van der Waals surface area contributed by atoms with Crippen LogP contribution in [0.4, 0.5) is 0 Å². The molecule has 0 aliphatic carbocycles. The summed E-state index contributed by atoms with van der Waals surface area (Å²) in [6.07, 6.45) is 2.99. The highest BCUT2D eigenvalue weighted by molar-refractivity contribution is 6.30. The number of carbonyl (C=O) groups excluding carboxylic acids is 1. The zero-order chi connectivity index (χ0) is 16.1. The van der Waals surface area contributed by atoms with Gasteiger partial charge < -0.3 is 10.6 Å². The number of piperidine rings is 1. The minimum Gasteiger partial charge on any atom is -0.328 e. The Morgan fingerprint density at radius 3 is 2.41 bits per heavy atom. The van der Waals surface area contributed by atoms with Crippen LogP contribution < -0.4 is 5.73 Å². The summed E-state index contributed by atoms with van der Waals surface area (Å²) in [6, 6.07) is 8.06. The fraction of sp³-hybridized carbons (Fsp3) is 0.611. The normalized spacial score (nSPS) is 18.6. The molecular weight excluding hydrogens is 296 g/mol. The van der Waals surface area contributed by atoms with Crippen molar-refractivity contribution in [1.29, 1.82) is 0 Å². The lowest BCUT2D eigenvalue weighted by Gasteiger charge is -2.31. The van der Waals surface area contributed by atoms with Crippen LogP contribution in [0, 0.1) is 5.92 Å². The molecule has 1 aliphatic rings. The summed E-state index contributed by atoms with van der Waals surface area (Å²) in [5, 5.41) is 0.713. The topological polar surface area (TPSA) is 46.3 Å². The monoisotopic (exact) mass is 322 g/mol. The Morgan fingerprint density at radius 1 is 1.27 bits per heavy atom. The number of carbonyl (C=O) groups is 1. The number of ketones is 1. The van der Waals surface area contributed by atoms with Crippen LogP contribution in [0.5, 0.6) is 0 Å². The highest BCUT2D eigenvalue weighted by atomic mass is 35.5. The second kappa shape index (κ2) is 8.09. The summed E-state index contributed by atoms with van der Waals surface area (Å²) in [6.45, 7) is 7.00. The van der Waals surface area contributed by atoms with E-state index in [9.17, 15) is 4.79 Å². The lowest BCUT2D eigenvalue weighted by Crippen LogP contribution is -2.40. The van der Waals surface area contributed by atoms with Gasteiger partial charge in [0.15, 0.2) is 0 Å². The summed E-state index contributed by atoms with van der Waals surface area (Å²) in [5.74, 6) is 0.333. The predicted molar refractivity (Wildman–Crippen MR) is 92.3 cm³/mol. The molecule has 1 aromatic carbocycles. The van der Waals surface area contributed by atoms with Crippen molar-refractivity contribution in [2.24, 2.45) is 11.7 Å². The van der Waals surface area contributed by atoms with Crippen LogP contribution in [0.15, 0.2) is 24.3 Å². The molecule has 2 rings (SSSR count). The van der Waals surface area contributed by atoms with Crippen molar-refractivity contribution in [3.05, 3.63) is 34.9 Å². The molecule has 3 nitrogen and oxygen atoms in total. The van der Waals surface area contributed by atoms with E-state index in [4.69, 9.17) is 17.3 Å². The number of rotatable bonds is 6. The smallest absolute Gasteiger partial charge is 0.142 e. The van der Waals surface area contributed by atoms with Gasteiger partial charge in [0.05, 0.1) is 0 Å². The number of Topliss-reactive ketones (excluding diaryl/α,β-unsaturated/α-hetero) is 1. The van der Waals surface area contributed by atoms with Crippen molar-refractivity contribution in [1.82, 2.24) is 4.90 Å². The Labute approximate surface area is 138 Å². The number of benzene rings is 1. The molecule has 4 heteroatoms. The zero-order valence-corrected chi connectivity index (χ0v) is 14.4. The average molecular weight is 323 g/mol. The maximum Gasteiger partial charge on any atom is 0.142 e. The van der Waals surface area contributed by atoms with Gasteiger partial charge in [-0.15, -0.1) is 0 Å². The summed E-state index contributed by atoms with van der Waals surface area (Å²) < 4.78 is 0. The second-order valence-electron chi connectivity index (χ2n) is 6.63. The Hall–Kier alpha value is -0.900. The number of halogens is 1. The lowest BCUT2D eigenvalue weighted by molar-refractivity contribution is -0.123. The highest BCUT2D eigenvalue weighted by Gasteiger charge is 2.24. The van der Waals surface area contributed by atoms with Crippen LogP contribution in [0.3, 0.4) is 0 Å². The first-order valence-electron chi connectivity index (χ1n) is 8.24. The molecule has 22 heavy (non-hydrogen) atoms. The Bertz CT molecular complexity index is 478. The third-order valence-corrected chi connectivity index (χ3v) is 4.80. The number of hydrogen-bond acceptors (Lipinski definition) is 3. The first-order valence-corrected chi connectivity index (χ1v) is 8.62. The molecule has 1 fully saturated rings. The van der Waals surface area contributed by atoms with Crippen LogP contribution in [0.2, 0.25) is 5.02 Å². The van der Waals surface area contributed by atoms with Gasteiger partial charge in [-0.1, -0.05) is 37.6 Å². The number of nitrogens with zero attached hydrogens (tertiary/aromatic N) is 1. The van der Waals surface area contributed by atoms with Crippen molar-refractivity contribution in [3.63, 3.8) is 0 Å². The van der Waals surface area contributed by atoms with Crippen molar-refractivity contribution in [2.45, 2.75) is 45.1 Å². The summed E-state index contributed by atoms with van der Waals surface area (Å²) in [7, 11) is 0. The lowest BCUT2D eigenvalue weighted by atomic mass is 9.86. The van der Waals surface area contributed by atoms with E-state index >= 15 is 0 Å². The van der Waals surface area contributed by atoms with E-state index < -0.39 is 0 Å². The van der Waals surface area contributed by atoms with E-state index in [1.807, 2.05) is 38.1 Å². The standard InChI is InChI=1S/C18H27ClN2O/c1-13(2)18(22)17(14-3-5-15(19)6-4-14)9-12-21-10-7-16(20)8-11-21/h3-6,13,16-17H,7-12,20H2,1-2H3. The van der Waals surface area contributed by atoms with E-state index in [2.05, 4.69) is 4.90 Å². The van der Waals surface area contributed by atoms with Crippen molar-refractivity contribution < 1.29 is 4.79 Å². The molecule has 1 unspecified atom stereocenters. The van der Waals surface area contributed by atoms with Crippen LogP contribution >= 0.6 is 11.6 Å². The SMILES string of the molecule is CC(C)C(=O)C(CCN1CCC(N)CC1)c1ccc(Cl)cc1. The summed E-state index contributed by atoms with van der Waals surface area (Å²) in [4.78, 5) is 15.0. The molecule has 1 saturated heterocycles. The molecule has 1 atom stereocenters. The highest BCUT2D eigenvalue weighted by Crippen LogP contribution is 2.26. The van der Waals surface area contributed by atoms with Gasteiger partial charge in [0.1, 0.15) is 5.78 Å². The Balaban J connectivity index is 2.02. The number of likely N-dealkylation sites (tertiary alicyclic amines) is 1. The summed E-state index contributed by atoms with van der Waals surface area (Å²) >= 11 is 5.97. The van der Waals surface area contributed by atoms with Crippen LogP contribution in [0.1, 0.15) is 44.6 Å². The van der Waals surface area contributed by atoms with Crippen LogP contribution in [0.25, 0.3) is 0 Å². The molecule has 0 bridgehead atoms. The van der Waals surface area contributed by atoms with E-state index in [1.54, 1.807) is 0 Å². The molecule has 0 aromatic heterocycles. The Kier molecular flexibility index (Phi) is 6.42. The van der Waals surface area contributed by atoms with Gasteiger partial charge in [-0.2, -0.15) is 0 Å². The minimum absolute atomic E-state index is 0.0344. The zero-order valence-electron chi connectivity index (χ0n) is 13.6. The first-order chi connectivity index (χ1) is 10.5. The molecule has 1 heterocycles. The molecule has 122 valence electrons. The molecular formula is C18H27ClN2O. The molecule has 1 aliphatic heterocycles. The van der Waals surface area contributed by atoms with E-state index in [-0.39, 0.29) is 11.8 Å². The van der Waals surface area contributed by atoms with Crippen LogP contribution in [-0.2, 0) is 4.79 Å². The van der Waals surface area contributed by atoms with Gasteiger partial charge in [0.25, 0.3) is 0 Å². The quantitative estimate of drug-likeness (QED) is 0.872. The average Bonchev–Trinajstić information content (AvgIpc) is 2.50. The summed E-state index contributed by atoms with van der Waals surface area (Å²) in [5.41, 5.74) is 7.03. The van der Waals surface area contributed by atoms with Gasteiger partial charge in [-0.3, -0.25) is 4.79 Å². The van der Waals surface area contributed by atoms with Gasteiger partial charge in [-0.05, 0) is 56.6 Å². The van der Waals surface area contributed by atoms with Gasteiger partial charge >= 0.3 is 0 Å². The molecule has 2 N–H and O–H groups in total. The molecule has 0 saturated carbocycles. The largest absolute Gasteiger partial charge is 0.328 e. The fourth-order valence-corrected chi connectivity index (χ4v) is 3.18. The van der Waals surface area contributed by atoms with Gasteiger partial charge in [-0.25, -0.2) is 0 Å². The van der Waals surface area contributed by atoms with E-state index in [0.29, 0.717) is 16.8 Å².